The lowest BCUT2D eigenvalue weighted by atomic mass is 10.2. The zero-order valence-electron chi connectivity index (χ0n) is 8.44. The van der Waals surface area contributed by atoms with Gasteiger partial charge in [0.05, 0.1) is 0 Å². The number of Topliss-reactive ketones (excluding diaryl/α,β-unsaturated/α-hetero) is 1. The molecule has 0 bridgehead atoms. The summed E-state index contributed by atoms with van der Waals surface area (Å²) in [6, 6.07) is 1.35. The van der Waals surface area contributed by atoms with Gasteiger partial charge in [-0.3, -0.25) is 14.4 Å². The molecule has 0 fully saturated rings. The first-order valence-corrected chi connectivity index (χ1v) is 4.34. The standard InChI is InChI=1S/C9H10N2O5/c1-5(12)6-2-7(10-3-6)9(15)11-16-4-8(13)14/h2-3,10H,4H2,1H3,(H,11,15)(H,13,14). The lowest BCUT2D eigenvalue weighted by Gasteiger charge is -2.00. The summed E-state index contributed by atoms with van der Waals surface area (Å²) in [5.74, 6) is -2.02. The van der Waals surface area contributed by atoms with Gasteiger partial charge in [0.2, 0.25) is 0 Å². The molecule has 0 aromatic carbocycles. The average Bonchev–Trinajstić information content (AvgIpc) is 2.65. The predicted molar refractivity (Wildman–Crippen MR) is 51.9 cm³/mol. The number of rotatable bonds is 5. The molecule has 3 N–H and O–H groups in total. The fraction of sp³-hybridized carbons (Fsp3) is 0.222. The van der Waals surface area contributed by atoms with Crippen molar-refractivity contribution in [3.8, 4) is 0 Å². The van der Waals surface area contributed by atoms with Crippen LogP contribution >= 0.6 is 0 Å². The number of carbonyl (C=O) groups excluding carboxylic acids is 2. The molecule has 1 amide bonds. The molecule has 0 unspecified atom stereocenters. The molecule has 1 aromatic rings. The summed E-state index contributed by atoms with van der Waals surface area (Å²) in [6.07, 6.45) is 1.38. The first-order chi connectivity index (χ1) is 7.50. The van der Waals surface area contributed by atoms with E-state index in [1.54, 1.807) is 0 Å². The fourth-order valence-electron chi connectivity index (χ4n) is 0.947. The van der Waals surface area contributed by atoms with Crippen molar-refractivity contribution < 1.29 is 24.3 Å². The number of amides is 1. The summed E-state index contributed by atoms with van der Waals surface area (Å²) in [6.45, 7) is 0.734. The van der Waals surface area contributed by atoms with Crippen molar-refractivity contribution in [3.05, 3.63) is 23.5 Å². The number of aliphatic carboxylic acids is 1. The van der Waals surface area contributed by atoms with E-state index in [1.165, 1.54) is 19.2 Å². The topological polar surface area (TPSA) is 108 Å². The summed E-state index contributed by atoms with van der Waals surface area (Å²) in [4.78, 5) is 39.2. The Morgan fingerprint density at radius 1 is 1.50 bits per heavy atom. The van der Waals surface area contributed by atoms with E-state index < -0.39 is 18.5 Å². The molecular formula is C9H10N2O5. The van der Waals surface area contributed by atoms with Crippen LogP contribution in [0, 0.1) is 0 Å². The molecule has 0 aliphatic heterocycles. The Kier molecular flexibility index (Phi) is 3.78. The van der Waals surface area contributed by atoms with Crippen LogP contribution in [-0.4, -0.2) is 34.4 Å². The molecule has 0 radical (unpaired) electrons. The monoisotopic (exact) mass is 226 g/mol. The Bertz CT molecular complexity index is 423. The van der Waals surface area contributed by atoms with Crippen LogP contribution in [-0.2, 0) is 9.63 Å². The van der Waals surface area contributed by atoms with E-state index in [0.29, 0.717) is 5.56 Å². The van der Waals surface area contributed by atoms with E-state index in [9.17, 15) is 14.4 Å². The predicted octanol–water partition coefficient (Wildman–Crippen LogP) is -0.0367. The van der Waals surface area contributed by atoms with Gasteiger partial charge in [0.1, 0.15) is 5.69 Å². The van der Waals surface area contributed by atoms with Crippen LogP contribution in [0.3, 0.4) is 0 Å². The number of carboxylic acid groups (broad SMARTS) is 1. The number of carboxylic acids is 1. The van der Waals surface area contributed by atoms with Crippen molar-refractivity contribution in [2.45, 2.75) is 6.92 Å². The molecule has 7 heteroatoms. The minimum atomic E-state index is -1.20. The van der Waals surface area contributed by atoms with Gasteiger partial charge in [-0.2, -0.15) is 0 Å². The first-order valence-electron chi connectivity index (χ1n) is 4.34. The molecular weight excluding hydrogens is 216 g/mol. The van der Waals surface area contributed by atoms with E-state index in [1.807, 2.05) is 5.48 Å². The lowest BCUT2D eigenvalue weighted by molar-refractivity contribution is -0.144. The Labute approximate surface area is 90.4 Å². The Morgan fingerprint density at radius 3 is 2.69 bits per heavy atom. The maximum absolute atomic E-state index is 11.3. The van der Waals surface area contributed by atoms with Crippen molar-refractivity contribution in [1.82, 2.24) is 10.5 Å². The van der Waals surface area contributed by atoms with Gasteiger partial charge in [-0.1, -0.05) is 0 Å². The van der Waals surface area contributed by atoms with Crippen LogP contribution in [0.4, 0.5) is 0 Å². The normalized spacial score (nSPS) is 9.81. The lowest BCUT2D eigenvalue weighted by Crippen LogP contribution is -2.26. The first kappa shape index (κ1) is 11.9. The van der Waals surface area contributed by atoms with E-state index in [0.717, 1.165) is 0 Å². The second-order valence-corrected chi connectivity index (χ2v) is 2.97. The van der Waals surface area contributed by atoms with Gasteiger partial charge in [0.25, 0.3) is 5.91 Å². The van der Waals surface area contributed by atoms with Crippen LogP contribution in [0.25, 0.3) is 0 Å². The second-order valence-electron chi connectivity index (χ2n) is 2.97. The summed E-state index contributed by atoms with van der Waals surface area (Å²) in [5.41, 5.74) is 2.41. The fourth-order valence-corrected chi connectivity index (χ4v) is 0.947. The highest BCUT2D eigenvalue weighted by Crippen LogP contribution is 2.03. The molecule has 1 heterocycles. The van der Waals surface area contributed by atoms with Gasteiger partial charge in [-0.05, 0) is 13.0 Å². The molecule has 0 aliphatic carbocycles. The van der Waals surface area contributed by atoms with Gasteiger partial charge in [0.15, 0.2) is 12.4 Å². The largest absolute Gasteiger partial charge is 0.479 e. The number of H-pyrrole nitrogens is 1. The number of aromatic amines is 1. The number of hydrogen-bond acceptors (Lipinski definition) is 4. The molecule has 1 aromatic heterocycles. The minimum absolute atomic E-state index is 0.121. The van der Waals surface area contributed by atoms with E-state index in [-0.39, 0.29) is 11.5 Å². The van der Waals surface area contributed by atoms with Gasteiger partial charge < -0.3 is 10.1 Å². The third-order valence-electron chi connectivity index (χ3n) is 1.69. The molecule has 16 heavy (non-hydrogen) atoms. The van der Waals surface area contributed by atoms with Crippen LogP contribution < -0.4 is 5.48 Å². The van der Waals surface area contributed by atoms with Crippen molar-refractivity contribution >= 4 is 17.7 Å². The Morgan fingerprint density at radius 2 is 2.19 bits per heavy atom. The van der Waals surface area contributed by atoms with Crippen molar-refractivity contribution in [3.63, 3.8) is 0 Å². The van der Waals surface area contributed by atoms with Crippen LogP contribution in [0.1, 0.15) is 27.8 Å². The van der Waals surface area contributed by atoms with Crippen LogP contribution in [0.2, 0.25) is 0 Å². The van der Waals surface area contributed by atoms with Crippen molar-refractivity contribution in [2.24, 2.45) is 0 Å². The molecule has 86 valence electrons. The number of hydroxylamine groups is 1. The average molecular weight is 226 g/mol. The SMILES string of the molecule is CC(=O)c1c[nH]c(C(=O)NOCC(=O)O)c1. The number of hydrogen-bond donors (Lipinski definition) is 3. The molecule has 0 saturated heterocycles. The highest BCUT2D eigenvalue weighted by Gasteiger charge is 2.10. The molecule has 7 nitrogen and oxygen atoms in total. The van der Waals surface area contributed by atoms with Gasteiger partial charge >= 0.3 is 5.97 Å². The van der Waals surface area contributed by atoms with E-state index >= 15 is 0 Å². The third kappa shape index (κ3) is 3.21. The highest BCUT2D eigenvalue weighted by molar-refractivity contribution is 5.98. The van der Waals surface area contributed by atoms with Crippen LogP contribution in [0.5, 0.6) is 0 Å². The van der Waals surface area contributed by atoms with Crippen molar-refractivity contribution in [2.75, 3.05) is 6.61 Å². The summed E-state index contributed by atoms with van der Waals surface area (Å²) in [7, 11) is 0. The summed E-state index contributed by atoms with van der Waals surface area (Å²) >= 11 is 0. The molecule has 0 spiro atoms. The molecule has 0 aliphatic rings. The third-order valence-corrected chi connectivity index (χ3v) is 1.69. The van der Waals surface area contributed by atoms with E-state index in [2.05, 4.69) is 9.82 Å². The molecule has 0 atom stereocenters. The summed E-state index contributed by atoms with van der Waals surface area (Å²) in [5, 5.41) is 8.25. The maximum atomic E-state index is 11.3. The van der Waals surface area contributed by atoms with E-state index in [4.69, 9.17) is 5.11 Å². The van der Waals surface area contributed by atoms with Gasteiger partial charge in [-0.15, -0.1) is 0 Å². The van der Waals surface area contributed by atoms with Crippen molar-refractivity contribution in [1.29, 1.82) is 0 Å². The number of nitrogens with one attached hydrogen (secondary N) is 2. The van der Waals surface area contributed by atoms with Crippen LogP contribution in [0.15, 0.2) is 12.3 Å². The minimum Gasteiger partial charge on any atom is -0.479 e. The smallest absolute Gasteiger partial charge is 0.332 e. The zero-order chi connectivity index (χ0) is 12.1. The quantitative estimate of drug-likeness (QED) is 0.482. The summed E-state index contributed by atoms with van der Waals surface area (Å²) < 4.78 is 0. The number of carbonyl (C=O) groups is 3. The Balaban J connectivity index is 2.53. The molecule has 1 rings (SSSR count). The highest BCUT2D eigenvalue weighted by atomic mass is 16.7. The maximum Gasteiger partial charge on any atom is 0.332 e. The number of ketones is 1. The second kappa shape index (κ2) is 5.08. The number of aromatic nitrogens is 1. The van der Waals surface area contributed by atoms with Gasteiger partial charge in [0, 0.05) is 11.8 Å². The molecule has 0 saturated carbocycles. The Hall–Kier alpha value is -2.15. The zero-order valence-corrected chi connectivity index (χ0v) is 8.44. The van der Waals surface area contributed by atoms with Gasteiger partial charge in [-0.25, -0.2) is 10.3 Å².